The number of benzene rings is 8. The van der Waals surface area contributed by atoms with Gasteiger partial charge in [-0.05, 0) is 83.6 Å². The first kappa shape index (κ1) is 29.8. The third kappa shape index (κ3) is 5.15. The minimum atomic E-state index is 0.565. The molecule has 10 rings (SSSR count). The zero-order chi connectivity index (χ0) is 34.4. The van der Waals surface area contributed by atoms with Crippen LogP contribution in [0.5, 0.6) is 0 Å². The predicted octanol–water partition coefficient (Wildman–Crippen LogP) is 13.5. The van der Waals surface area contributed by atoms with Crippen LogP contribution in [0.1, 0.15) is 0 Å². The maximum atomic E-state index is 6.68. The molecule has 0 aliphatic rings. The molecule has 52 heavy (non-hydrogen) atoms. The van der Waals surface area contributed by atoms with Crippen LogP contribution >= 0.6 is 0 Å². The van der Waals surface area contributed by atoms with E-state index in [0.29, 0.717) is 11.5 Å². The molecule has 0 fully saturated rings. The maximum Gasteiger partial charge on any atom is 0.227 e. The van der Waals surface area contributed by atoms with Gasteiger partial charge in [-0.2, -0.15) is 0 Å². The van der Waals surface area contributed by atoms with Gasteiger partial charge in [0, 0.05) is 51.2 Å². The molecule has 0 saturated heterocycles. The standard InChI is InChI=1S/C47H31N3O2/c1-4-15-33(16-5-1)47-48-46-42(50(36-20-8-3-9-21-36)37-25-24-32-14-10-11-17-34(32)28-37)29-39(31-45(46)52-47)49(35-18-6-2-7-19-35)38-26-27-41-40-22-12-13-23-43(40)51-44(41)30-38/h1-31H. The Morgan fingerprint density at radius 2 is 0.962 bits per heavy atom. The maximum absolute atomic E-state index is 6.68. The zero-order valence-corrected chi connectivity index (χ0v) is 28.1. The van der Waals surface area contributed by atoms with Gasteiger partial charge in [-0.15, -0.1) is 0 Å². The molecule has 0 unspecified atom stereocenters. The van der Waals surface area contributed by atoms with Crippen molar-refractivity contribution < 1.29 is 8.83 Å². The summed E-state index contributed by atoms with van der Waals surface area (Å²) in [7, 11) is 0. The van der Waals surface area contributed by atoms with Gasteiger partial charge in [0.05, 0.1) is 11.4 Å². The summed E-state index contributed by atoms with van der Waals surface area (Å²) in [6.45, 7) is 0. The Balaban J connectivity index is 1.25. The van der Waals surface area contributed by atoms with Crippen molar-refractivity contribution in [2.24, 2.45) is 0 Å². The highest BCUT2D eigenvalue weighted by Crippen LogP contribution is 2.46. The van der Waals surface area contributed by atoms with Crippen LogP contribution in [0.3, 0.4) is 0 Å². The summed E-state index contributed by atoms with van der Waals surface area (Å²) >= 11 is 0. The SMILES string of the molecule is c1ccc(-c2nc3c(N(c4ccccc4)c4ccc5ccccc5c4)cc(N(c4ccccc4)c4ccc5c(c4)oc4ccccc45)cc3o2)cc1. The lowest BCUT2D eigenvalue weighted by Gasteiger charge is -2.29. The Bertz CT molecular complexity index is 2860. The molecule has 0 spiro atoms. The van der Waals surface area contributed by atoms with Crippen LogP contribution in [0.2, 0.25) is 0 Å². The molecule has 0 atom stereocenters. The molecule has 0 radical (unpaired) electrons. The molecule has 0 N–H and O–H groups in total. The van der Waals surface area contributed by atoms with Crippen LogP contribution in [-0.4, -0.2) is 4.98 Å². The third-order valence-corrected chi connectivity index (χ3v) is 9.62. The fourth-order valence-corrected chi connectivity index (χ4v) is 7.20. The first-order chi connectivity index (χ1) is 25.8. The summed E-state index contributed by atoms with van der Waals surface area (Å²) in [5.74, 6) is 0.565. The number of hydrogen-bond acceptors (Lipinski definition) is 5. The monoisotopic (exact) mass is 669 g/mol. The number of oxazole rings is 1. The molecule has 2 aromatic heterocycles. The van der Waals surface area contributed by atoms with E-state index in [9.17, 15) is 0 Å². The van der Waals surface area contributed by atoms with Crippen LogP contribution in [0.15, 0.2) is 197 Å². The lowest BCUT2D eigenvalue weighted by molar-refractivity contribution is 0.620. The molecule has 5 heteroatoms. The Labute approximate surface area is 300 Å². The van der Waals surface area contributed by atoms with Gasteiger partial charge in [0.25, 0.3) is 0 Å². The number of hydrogen-bond donors (Lipinski definition) is 0. The van der Waals surface area contributed by atoms with Crippen molar-refractivity contribution in [1.29, 1.82) is 0 Å². The molecule has 8 aromatic carbocycles. The van der Waals surface area contributed by atoms with E-state index in [1.165, 1.54) is 5.39 Å². The second-order valence-corrected chi connectivity index (χ2v) is 12.8. The number of para-hydroxylation sites is 3. The normalized spacial score (nSPS) is 11.5. The van der Waals surface area contributed by atoms with Crippen LogP contribution in [0, 0.1) is 0 Å². The van der Waals surface area contributed by atoms with Crippen molar-refractivity contribution in [2.45, 2.75) is 0 Å². The molecule has 0 amide bonds. The molecule has 2 heterocycles. The molecule has 0 aliphatic carbocycles. The fourth-order valence-electron chi connectivity index (χ4n) is 7.20. The van der Waals surface area contributed by atoms with E-state index in [-0.39, 0.29) is 0 Å². The quantitative estimate of drug-likeness (QED) is 0.169. The topological polar surface area (TPSA) is 45.7 Å². The summed E-state index contributed by atoms with van der Waals surface area (Å²) in [5.41, 5.74) is 9.86. The Hall–Kier alpha value is -7.11. The third-order valence-electron chi connectivity index (χ3n) is 9.62. The first-order valence-corrected chi connectivity index (χ1v) is 17.4. The van der Waals surface area contributed by atoms with Crippen molar-refractivity contribution in [3.63, 3.8) is 0 Å². The number of nitrogens with zero attached hydrogens (tertiary/aromatic N) is 3. The lowest BCUT2D eigenvalue weighted by atomic mass is 10.1. The van der Waals surface area contributed by atoms with Gasteiger partial charge >= 0.3 is 0 Å². The van der Waals surface area contributed by atoms with Crippen molar-refractivity contribution in [1.82, 2.24) is 4.98 Å². The van der Waals surface area contributed by atoms with Crippen molar-refractivity contribution in [3.8, 4) is 11.5 Å². The number of anilines is 6. The van der Waals surface area contributed by atoms with Gasteiger partial charge in [-0.1, -0.05) is 103 Å². The molecule has 10 aromatic rings. The average Bonchev–Trinajstić information content (AvgIpc) is 3.81. The zero-order valence-electron chi connectivity index (χ0n) is 28.1. The summed E-state index contributed by atoms with van der Waals surface area (Å²) in [6, 6.07) is 64.9. The van der Waals surface area contributed by atoms with E-state index in [0.717, 1.165) is 72.5 Å². The minimum Gasteiger partial charge on any atom is -0.456 e. The van der Waals surface area contributed by atoms with Gasteiger partial charge in [0.1, 0.15) is 16.7 Å². The van der Waals surface area contributed by atoms with Crippen LogP contribution in [-0.2, 0) is 0 Å². The molecular formula is C47H31N3O2. The van der Waals surface area contributed by atoms with Crippen molar-refractivity contribution in [3.05, 3.63) is 188 Å². The van der Waals surface area contributed by atoms with Crippen LogP contribution in [0.4, 0.5) is 34.1 Å². The highest BCUT2D eigenvalue weighted by atomic mass is 16.3. The summed E-state index contributed by atoms with van der Waals surface area (Å²) in [4.78, 5) is 9.72. The molecule has 0 saturated carbocycles. The molecule has 0 aliphatic heterocycles. The average molecular weight is 670 g/mol. The van der Waals surface area contributed by atoms with E-state index < -0.39 is 0 Å². The predicted molar refractivity (Wildman–Crippen MR) is 214 cm³/mol. The van der Waals surface area contributed by atoms with Gasteiger partial charge in [-0.25, -0.2) is 4.98 Å². The number of fused-ring (bicyclic) bond motifs is 5. The molecule has 246 valence electrons. The Morgan fingerprint density at radius 1 is 0.365 bits per heavy atom. The molecule has 5 nitrogen and oxygen atoms in total. The number of furan rings is 1. The van der Waals surface area contributed by atoms with Gasteiger partial charge in [0.15, 0.2) is 5.58 Å². The molecule has 0 bridgehead atoms. The second kappa shape index (κ2) is 12.3. The smallest absolute Gasteiger partial charge is 0.227 e. The highest BCUT2D eigenvalue weighted by Gasteiger charge is 2.24. The van der Waals surface area contributed by atoms with Crippen molar-refractivity contribution in [2.75, 3.05) is 9.80 Å². The van der Waals surface area contributed by atoms with E-state index in [4.69, 9.17) is 13.8 Å². The van der Waals surface area contributed by atoms with E-state index in [1.807, 2.05) is 60.7 Å². The molecular weight excluding hydrogens is 639 g/mol. The van der Waals surface area contributed by atoms with Gasteiger partial charge in [-0.3, -0.25) is 0 Å². The van der Waals surface area contributed by atoms with Crippen LogP contribution in [0.25, 0.3) is 55.3 Å². The first-order valence-electron chi connectivity index (χ1n) is 17.4. The minimum absolute atomic E-state index is 0.565. The van der Waals surface area contributed by atoms with E-state index in [2.05, 4.69) is 137 Å². The Kier molecular flexibility index (Phi) is 7.07. The van der Waals surface area contributed by atoms with Crippen LogP contribution < -0.4 is 9.80 Å². The summed E-state index contributed by atoms with van der Waals surface area (Å²) in [5, 5.41) is 4.52. The largest absolute Gasteiger partial charge is 0.456 e. The summed E-state index contributed by atoms with van der Waals surface area (Å²) in [6.07, 6.45) is 0. The number of rotatable bonds is 7. The number of aromatic nitrogens is 1. The fraction of sp³-hybridized carbons (Fsp3) is 0. The lowest BCUT2D eigenvalue weighted by Crippen LogP contribution is -2.13. The summed E-state index contributed by atoms with van der Waals surface area (Å²) < 4.78 is 13.1. The van der Waals surface area contributed by atoms with Gasteiger partial charge < -0.3 is 18.6 Å². The highest BCUT2D eigenvalue weighted by molar-refractivity contribution is 6.06. The van der Waals surface area contributed by atoms with E-state index >= 15 is 0 Å². The Morgan fingerprint density at radius 3 is 1.75 bits per heavy atom. The van der Waals surface area contributed by atoms with E-state index in [1.54, 1.807) is 0 Å². The van der Waals surface area contributed by atoms with Gasteiger partial charge in [0.2, 0.25) is 5.89 Å². The second-order valence-electron chi connectivity index (χ2n) is 12.8. The van der Waals surface area contributed by atoms with Crippen molar-refractivity contribution >= 4 is 77.9 Å².